The summed E-state index contributed by atoms with van der Waals surface area (Å²) in [4.78, 5) is 10.7. The fourth-order valence-electron chi connectivity index (χ4n) is 1.16. The van der Waals surface area contributed by atoms with E-state index in [2.05, 4.69) is 0 Å². The van der Waals surface area contributed by atoms with Gasteiger partial charge >= 0.3 is 5.97 Å². The summed E-state index contributed by atoms with van der Waals surface area (Å²) >= 11 is 5.70. The molecule has 0 radical (unpaired) electrons. The standard InChI is InChI=1S/C9H9ClO3/c1-5-3-6(10)4-7(9(11)12)8(5)13-2/h3-4H,1-2H3,(H,11,12). The number of aryl methyl sites for hydroxylation is 1. The van der Waals surface area contributed by atoms with E-state index in [0.29, 0.717) is 16.3 Å². The quantitative estimate of drug-likeness (QED) is 0.797. The SMILES string of the molecule is COc1c(C)cc(Cl)cc1C(=O)O. The summed E-state index contributed by atoms with van der Waals surface area (Å²) in [7, 11) is 1.43. The van der Waals surface area contributed by atoms with Crippen molar-refractivity contribution in [2.75, 3.05) is 7.11 Å². The second-order valence-electron chi connectivity index (χ2n) is 2.61. The summed E-state index contributed by atoms with van der Waals surface area (Å²) in [6.45, 7) is 1.75. The van der Waals surface area contributed by atoms with Crippen molar-refractivity contribution in [3.8, 4) is 5.75 Å². The highest BCUT2D eigenvalue weighted by Gasteiger charge is 2.13. The third kappa shape index (κ3) is 1.92. The number of halogens is 1. The van der Waals surface area contributed by atoms with Crippen LogP contribution in [0.15, 0.2) is 12.1 Å². The van der Waals surface area contributed by atoms with Crippen LogP contribution in [0.2, 0.25) is 5.02 Å². The highest BCUT2D eigenvalue weighted by Crippen LogP contribution is 2.27. The molecule has 1 aromatic carbocycles. The number of rotatable bonds is 2. The molecule has 0 fully saturated rings. The minimum atomic E-state index is -1.04. The van der Waals surface area contributed by atoms with Gasteiger partial charge in [-0.15, -0.1) is 0 Å². The maximum atomic E-state index is 10.7. The van der Waals surface area contributed by atoms with E-state index >= 15 is 0 Å². The van der Waals surface area contributed by atoms with Crippen LogP contribution in [0.5, 0.6) is 5.75 Å². The van der Waals surface area contributed by atoms with Crippen LogP contribution in [0.3, 0.4) is 0 Å². The van der Waals surface area contributed by atoms with Crippen molar-refractivity contribution in [3.63, 3.8) is 0 Å². The van der Waals surface area contributed by atoms with Crippen LogP contribution in [0.25, 0.3) is 0 Å². The van der Waals surface area contributed by atoms with Gasteiger partial charge in [-0.3, -0.25) is 0 Å². The van der Waals surface area contributed by atoms with Crippen molar-refractivity contribution in [2.24, 2.45) is 0 Å². The molecule has 1 N–H and O–H groups in total. The molecule has 1 aromatic rings. The number of methoxy groups -OCH3 is 1. The van der Waals surface area contributed by atoms with E-state index in [1.165, 1.54) is 13.2 Å². The van der Waals surface area contributed by atoms with Gasteiger partial charge in [0.25, 0.3) is 0 Å². The number of ether oxygens (including phenoxy) is 1. The molecule has 0 saturated heterocycles. The van der Waals surface area contributed by atoms with Gasteiger partial charge in [-0.05, 0) is 24.6 Å². The van der Waals surface area contributed by atoms with Crippen LogP contribution in [0.4, 0.5) is 0 Å². The normalized spacial score (nSPS) is 9.77. The summed E-state index contributed by atoms with van der Waals surface area (Å²) in [5, 5.41) is 9.21. The Labute approximate surface area is 80.9 Å². The highest BCUT2D eigenvalue weighted by atomic mass is 35.5. The van der Waals surface area contributed by atoms with Crippen LogP contribution in [0.1, 0.15) is 15.9 Å². The average molecular weight is 201 g/mol. The molecule has 0 spiro atoms. The maximum Gasteiger partial charge on any atom is 0.339 e. The van der Waals surface area contributed by atoms with Crippen molar-refractivity contribution in [3.05, 3.63) is 28.3 Å². The molecule has 4 heteroatoms. The number of carboxylic acid groups (broad SMARTS) is 1. The van der Waals surface area contributed by atoms with Crippen LogP contribution >= 0.6 is 11.6 Å². The Morgan fingerprint density at radius 3 is 2.62 bits per heavy atom. The summed E-state index contributed by atoms with van der Waals surface area (Å²) < 4.78 is 4.95. The molecule has 70 valence electrons. The third-order valence-electron chi connectivity index (χ3n) is 1.67. The second kappa shape index (κ2) is 3.66. The lowest BCUT2D eigenvalue weighted by atomic mass is 10.1. The Morgan fingerprint density at radius 2 is 2.15 bits per heavy atom. The van der Waals surface area contributed by atoms with Gasteiger partial charge in [0.05, 0.1) is 7.11 Å². The van der Waals surface area contributed by atoms with Gasteiger partial charge in [0, 0.05) is 5.02 Å². The van der Waals surface area contributed by atoms with Crippen molar-refractivity contribution >= 4 is 17.6 Å². The van der Waals surface area contributed by atoms with Gasteiger partial charge in [-0.2, -0.15) is 0 Å². The summed E-state index contributed by atoms with van der Waals surface area (Å²) in [6, 6.07) is 3.03. The third-order valence-corrected chi connectivity index (χ3v) is 1.89. The zero-order chi connectivity index (χ0) is 10.0. The Balaban J connectivity index is 3.38. The average Bonchev–Trinajstić information content (AvgIpc) is 2.02. The van der Waals surface area contributed by atoms with Crippen LogP contribution < -0.4 is 4.74 Å². The van der Waals surface area contributed by atoms with E-state index in [9.17, 15) is 4.79 Å². The van der Waals surface area contributed by atoms with Crippen LogP contribution in [-0.2, 0) is 0 Å². The van der Waals surface area contributed by atoms with Gasteiger partial charge in [0.2, 0.25) is 0 Å². The van der Waals surface area contributed by atoms with E-state index in [0.717, 1.165) is 0 Å². The zero-order valence-corrected chi connectivity index (χ0v) is 8.05. The number of benzene rings is 1. The number of hydrogen-bond donors (Lipinski definition) is 1. The molecular formula is C9H9ClO3. The van der Waals surface area contributed by atoms with Gasteiger partial charge in [0.15, 0.2) is 0 Å². The highest BCUT2D eigenvalue weighted by molar-refractivity contribution is 6.31. The topological polar surface area (TPSA) is 46.5 Å². The van der Waals surface area contributed by atoms with Crippen molar-refractivity contribution in [1.82, 2.24) is 0 Å². The summed E-state index contributed by atoms with van der Waals surface area (Å²) in [5.74, 6) is -0.681. The minimum Gasteiger partial charge on any atom is -0.496 e. The zero-order valence-electron chi connectivity index (χ0n) is 7.30. The molecule has 13 heavy (non-hydrogen) atoms. The van der Waals surface area contributed by atoms with Crippen molar-refractivity contribution in [1.29, 1.82) is 0 Å². The number of hydrogen-bond acceptors (Lipinski definition) is 2. The van der Waals surface area contributed by atoms with E-state index in [1.54, 1.807) is 13.0 Å². The van der Waals surface area contributed by atoms with E-state index in [1.807, 2.05) is 0 Å². The predicted molar refractivity (Wildman–Crippen MR) is 49.7 cm³/mol. The van der Waals surface area contributed by atoms with Gasteiger partial charge in [-0.25, -0.2) is 4.79 Å². The van der Waals surface area contributed by atoms with Crippen molar-refractivity contribution in [2.45, 2.75) is 6.92 Å². The number of aromatic carboxylic acids is 1. The van der Waals surface area contributed by atoms with Gasteiger partial charge in [0.1, 0.15) is 11.3 Å². The molecule has 0 aliphatic rings. The molecule has 0 aliphatic carbocycles. The first kappa shape index (κ1) is 9.86. The Morgan fingerprint density at radius 1 is 1.54 bits per heavy atom. The lowest BCUT2D eigenvalue weighted by Gasteiger charge is -2.08. The number of carbonyl (C=O) groups is 1. The molecule has 0 saturated carbocycles. The minimum absolute atomic E-state index is 0.0903. The number of carboxylic acids is 1. The fourth-order valence-corrected chi connectivity index (χ4v) is 1.43. The van der Waals surface area contributed by atoms with Gasteiger partial charge in [-0.1, -0.05) is 11.6 Å². The first-order valence-corrected chi connectivity index (χ1v) is 4.01. The van der Waals surface area contributed by atoms with Crippen LogP contribution in [0, 0.1) is 6.92 Å². The predicted octanol–water partition coefficient (Wildman–Crippen LogP) is 2.36. The van der Waals surface area contributed by atoms with E-state index in [-0.39, 0.29) is 5.56 Å². The molecule has 1 rings (SSSR count). The molecule has 0 bridgehead atoms. The molecule has 0 unspecified atom stereocenters. The first-order valence-electron chi connectivity index (χ1n) is 3.63. The Bertz CT molecular complexity index is 347. The van der Waals surface area contributed by atoms with E-state index in [4.69, 9.17) is 21.4 Å². The largest absolute Gasteiger partial charge is 0.496 e. The second-order valence-corrected chi connectivity index (χ2v) is 3.05. The lowest BCUT2D eigenvalue weighted by molar-refractivity contribution is 0.0693. The fraction of sp³-hybridized carbons (Fsp3) is 0.222. The van der Waals surface area contributed by atoms with E-state index < -0.39 is 5.97 Å². The molecule has 0 aliphatic heterocycles. The Hall–Kier alpha value is -1.22. The lowest BCUT2D eigenvalue weighted by Crippen LogP contribution is -2.01. The van der Waals surface area contributed by atoms with Crippen LogP contribution in [-0.4, -0.2) is 18.2 Å². The van der Waals surface area contributed by atoms with Crippen molar-refractivity contribution < 1.29 is 14.6 Å². The van der Waals surface area contributed by atoms with Gasteiger partial charge < -0.3 is 9.84 Å². The molecule has 0 heterocycles. The molecule has 3 nitrogen and oxygen atoms in total. The summed E-state index contributed by atoms with van der Waals surface area (Å²) in [6.07, 6.45) is 0. The molecular weight excluding hydrogens is 192 g/mol. The monoisotopic (exact) mass is 200 g/mol. The maximum absolute atomic E-state index is 10.7. The molecule has 0 aromatic heterocycles. The molecule has 0 amide bonds. The molecule has 0 atom stereocenters. The summed E-state index contributed by atoms with van der Waals surface area (Å²) in [5.41, 5.74) is 0.805. The Kier molecular flexibility index (Phi) is 2.78. The smallest absolute Gasteiger partial charge is 0.339 e. The first-order chi connectivity index (χ1) is 6.06.